The molecule has 0 spiro atoms. The molecule has 122 valence electrons. The largest absolute Gasteiger partial charge is 0.384 e. The van der Waals surface area contributed by atoms with Crippen molar-refractivity contribution in [2.45, 2.75) is 65.6 Å². The first-order valence-electron chi connectivity index (χ1n) is 7.61. The monoisotopic (exact) mass is 300 g/mol. The first-order chi connectivity index (χ1) is 9.59. The summed E-state index contributed by atoms with van der Waals surface area (Å²) in [6.45, 7) is 8.14. The van der Waals surface area contributed by atoms with Gasteiger partial charge < -0.3 is 14.9 Å². The number of hydrogen-bond donors (Lipinski definition) is 2. The van der Waals surface area contributed by atoms with Crippen molar-refractivity contribution >= 4 is 11.6 Å². The Kier molecular flexibility index (Phi) is 6.08. The summed E-state index contributed by atoms with van der Waals surface area (Å²) in [4.78, 5) is 24.3. The summed E-state index contributed by atoms with van der Waals surface area (Å²) >= 11 is 0. The van der Waals surface area contributed by atoms with Gasteiger partial charge in [-0.05, 0) is 36.5 Å². The number of ether oxygens (including phenoxy) is 1. The van der Waals surface area contributed by atoms with E-state index in [1.165, 1.54) is 0 Å². The Morgan fingerprint density at radius 2 is 1.19 bits per heavy atom. The van der Waals surface area contributed by atoms with Crippen LogP contribution in [0.3, 0.4) is 0 Å². The van der Waals surface area contributed by atoms with Crippen LogP contribution in [0.2, 0.25) is 0 Å². The Labute approximate surface area is 126 Å². The highest BCUT2D eigenvalue weighted by molar-refractivity contribution is 6.40. The van der Waals surface area contributed by atoms with Crippen molar-refractivity contribution in [2.75, 3.05) is 13.2 Å². The molecule has 5 heteroatoms. The van der Waals surface area contributed by atoms with E-state index in [1.807, 2.05) is 0 Å². The molecule has 0 amide bonds. The van der Waals surface area contributed by atoms with Gasteiger partial charge in [-0.3, -0.25) is 9.59 Å². The number of aliphatic hydroxyl groups excluding tert-OH is 2. The maximum absolute atomic E-state index is 12.2. The van der Waals surface area contributed by atoms with Gasteiger partial charge in [-0.15, -0.1) is 0 Å². The molecule has 0 aliphatic carbocycles. The fourth-order valence-corrected chi connectivity index (χ4v) is 2.61. The maximum Gasteiger partial charge on any atom is 0.230 e. The van der Waals surface area contributed by atoms with Gasteiger partial charge in [0.25, 0.3) is 0 Å². The Morgan fingerprint density at radius 1 is 0.857 bits per heavy atom. The predicted octanol–water partition coefficient (Wildman–Crippen LogP) is 1.49. The summed E-state index contributed by atoms with van der Waals surface area (Å²) in [6.07, 6.45) is -0.193. The zero-order chi connectivity index (χ0) is 16.3. The van der Waals surface area contributed by atoms with E-state index in [-0.39, 0.29) is 0 Å². The summed E-state index contributed by atoms with van der Waals surface area (Å²) in [5, 5.41) is 20.4. The number of ketones is 2. The highest BCUT2D eigenvalue weighted by Crippen LogP contribution is 2.32. The standard InChI is InChI=1S/C16H28O5/c1-15(2)7-5-9-21-10-6-8-16(3,4)14(20)12(18)11(17)13(15)19/h13-14,19-20H,5-10H2,1-4H3/t13-,14+. The number of hydrogen-bond acceptors (Lipinski definition) is 5. The van der Waals surface area contributed by atoms with Gasteiger partial charge in [-0.25, -0.2) is 0 Å². The van der Waals surface area contributed by atoms with Crippen molar-refractivity contribution in [2.24, 2.45) is 10.8 Å². The van der Waals surface area contributed by atoms with Crippen molar-refractivity contribution in [3.05, 3.63) is 0 Å². The number of rotatable bonds is 0. The molecule has 1 fully saturated rings. The minimum absolute atomic E-state index is 0.571. The van der Waals surface area contributed by atoms with E-state index in [0.717, 1.165) is 12.8 Å². The summed E-state index contributed by atoms with van der Waals surface area (Å²) in [5.74, 6) is -1.78. The van der Waals surface area contributed by atoms with Crippen LogP contribution in [-0.2, 0) is 14.3 Å². The van der Waals surface area contributed by atoms with Crippen LogP contribution >= 0.6 is 0 Å². The van der Waals surface area contributed by atoms with E-state index in [1.54, 1.807) is 27.7 Å². The molecule has 5 nitrogen and oxygen atoms in total. The van der Waals surface area contributed by atoms with Crippen LogP contribution < -0.4 is 0 Å². The fourth-order valence-electron chi connectivity index (χ4n) is 2.61. The molecule has 0 bridgehead atoms. The van der Waals surface area contributed by atoms with Crippen molar-refractivity contribution in [3.8, 4) is 0 Å². The quantitative estimate of drug-likeness (QED) is 0.662. The van der Waals surface area contributed by atoms with Crippen molar-refractivity contribution in [3.63, 3.8) is 0 Å². The van der Waals surface area contributed by atoms with E-state index in [0.29, 0.717) is 26.1 Å². The average molecular weight is 300 g/mol. The molecule has 1 saturated heterocycles. The maximum atomic E-state index is 12.2. The van der Waals surface area contributed by atoms with Gasteiger partial charge in [0.05, 0.1) is 0 Å². The molecule has 1 aliphatic heterocycles. The van der Waals surface area contributed by atoms with Gasteiger partial charge in [-0.1, -0.05) is 27.7 Å². The van der Waals surface area contributed by atoms with Crippen LogP contribution in [0, 0.1) is 10.8 Å². The second-order valence-corrected chi connectivity index (χ2v) is 7.33. The minimum atomic E-state index is -1.39. The van der Waals surface area contributed by atoms with Gasteiger partial charge >= 0.3 is 0 Å². The number of carbonyl (C=O) groups is 2. The van der Waals surface area contributed by atoms with Crippen LogP contribution in [0.4, 0.5) is 0 Å². The first kappa shape index (κ1) is 18.3. The Hall–Kier alpha value is -0.780. The second-order valence-electron chi connectivity index (χ2n) is 7.33. The van der Waals surface area contributed by atoms with E-state index in [9.17, 15) is 19.8 Å². The molecular formula is C16H28O5. The molecule has 21 heavy (non-hydrogen) atoms. The lowest BCUT2D eigenvalue weighted by Gasteiger charge is -2.32. The Bertz CT molecular complexity index is 350. The smallest absolute Gasteiger partial charge is 0.230 e. The molecule has 2 N–H and O–H groups in total. The molecule has 0 saturated carbocycles. The van der Waals surface area contributed by atoms with Crippen molar-refractivity contribution < 1.29 is 24.5 Å². The van der Waals surface area contributed by atoms with E-state index >= 15 is 0 Å². The number of carbonyl (C=O) groups excluding carboxylic acids is 2. The van der Waals surface area contributed by atoms with Crippen LogP contribution in [0.25, 0.3) is 0 Å². The van der Waals surface area contributed by atoms with E-state index in [4.69, 9.17) is 4.74 Å². The lowest BCUT2D eigenvalue weighted by atomic mass is 9.75. The van der Waals surface area contributed by atoms with Crippen molar-refractivity contribution in [1.29, 1.82) is 0 Å². The molecule has 1 aliphatic rings. The summed E-state index contributed by atoms with van der Waals surface area (Å²) < 4.78 is 5.52. The Morgan fingerprint density at radius 3 is 1.52 bits per heavy atom. The first-order valence-corrected chi connectivity index (χ1v) is 7.61. The molecule has 1 rings (SSSR count). The lowest BCUT2D eigenvalue weighted by molar-refractivity contribution is -0.153. The topological polar surface area (TPSA) is 83.8 Å². The van der Waals surface area contributed by atoms with Crippen LogP contribution in [0.1, 0.15) is 53.4 Å². The van der Waals surface area contributed by atoms with Gasteiger partial charge in [-0.2, -0.15) is 0 Å². The summed E-state index contributed by atoms with van der Waals surface area (Å²) in [7, 11) is 0. The molecule has 0 aromatic carbocycles. The summed E-state index contributed by atoms with van der Waals surface area (Å²) in [5.41, 5.74) is -1.43. The number of aliphatic hydroxyl groups is 2. The minimum Gasteiger partial charge on any atom is -0.384 e. The predicted molar refractivity (Wildman–Crippen MR) is 78.9 cm³/mol. The van der Waals surface area contributed by atoms with Gasteiger partial charge in [0.1, 0.15) is 12.2 Å². The molecule has 1 heterocycles. The number of Topliss-reactive ketones (excluding diaryl/α,β-unsaturated/α-hetero) is 2. The van der Waals surface area contributed by atoms with Crippen LogP contribution in [0.15, 0.2) is 0 Å². The Balaban J connectivity index is 2.98. The molecule has 0 radical (unpaired) electrons. The highest BCUT2D eigenvalue weighted by atomic mass is 16.5. The molecular weight excluding hydrogens is 272 g/mol. The third-order valence-corrected chi connectivity index (χ3v) is 4.44. The molecule has 0 aromatic heterocycles. The van der Waals surface area contributed by atoms with E-state index in [2.05, 4.69) is 0 Å². The summed E-state index contributed by atoms with van der Waals surface area (Å²) in [6, 6.07) is 0. The molecule has 0 aromatic rings. The fraction of sp³-hybridized carbons (Fsp3) is 0.875. The van der Waals surface area contributed by atoms with E-state index < -0.39 is 34.6 Å². The normalized spacial score (nSPS) is 31.9. The zero-order valence-electron chi connectivity index (χ0n) is 13.5. The lowest BCUT2D eigenvalue weighted by Crippen LogP contribution is -2.48. The second kappa shape index (κ2) is 6.99. The molecule has 2 atom stereocenters. The third-order valence-electron chi connectivity index (χ3n) is 4.44. The average Bonchev–Trinajstić information content (AvgIpc) is 2.42. The van der Waals surface area contributed by atoms with Gasteiger partial charge in [0.15, 0.2) is 0 Å². The zero-order valence-corrected chi connectivity index (χ0v) is 13.5. The SMILES string of the molecule is CC1(C)CCCOCCCC(C)(C)[C@@H](O)C(=O)C(=O)[C@H]1O. The van der Waals surface area contributed by atoms with Gasteiger partial charge in [0.2, 0.25) is 11.6 Å². The van der Waals surface area contributed by atoms with Crippen LogP contribution in [0.5, 0.6) is 0 Å². The molecule has 0 unspecified atom stereocenters. The highest BCUT2D eigenvalue weighted by Gasteiger charge is 2.42. The van der Waals surface area contributed by atoms with Crippen molar-refractivity contribution in [1.82, 2.24) is 0 Å². The third kappa shape index (κ3) is 4.59. The van der Waals surface area contributed by atoms with Crippen LogP contribution in [-0.4, -0.2) is 47.2 Å². The van der Waals surface area contributed by atoms with Gasteiger partial charge in [0, 0.05) is 13.2 Å².